The fourth-order valence-corrected chi connectivity index (χ4v) is 1.33. The molecule has 2 rings (SSSR count). The maximum atomic E-state index is 11.5. The molecule has 2 unspecified atom stereocenters. The Bertz CT molecular complexity index is 294. The highest BCUT2D eigenvalue weighted by atomic mass is 16.1. The molecule has 0 radical (unpaired) electrons. The van der Waals surface area contributed by atoms with Crippen molar-refractivity contribution in [3.8, 4) is 0 Å². The number of rotatable bonds is 2. The van der Waals surface area contributed by atoms with Gasteiger partial charge in [0.1, 0.15) is 0 Å². The first-order chi connectivity index (χ1) is 5.79. The van der Waals surface area contributed by atoms with E-state index in [4.69, 9.17) is 5.73 Å². The van der Waals surface area contributed by atoms with Crippen LogP contribution in [0.4, 0.5) is 0 Å². The van der Waals surface area contributed by atoms with Crippen LogP contribution in [0.2, 0.25) is 0 Å². The molecule has 0 amide bonds. The molecular formula is C10H11NO. The molecule has 2 heteroatoms. The lowest BCUT2D eigenvalue weighted by Crippen LogP contribution is -2.10. The molecule has 2 atom stereocenters. The van der Waals surface area contributed by atoms with Gasteiger partial charge < -0.3 is 5.73 Å². The largest absolute Gasteiger partial charge is 0.327 e. The van der Waals surface area contributed by atoms with Crippen LogP contribution in [0.3, 0.4) is 0 Å². The van der Waals surface area contributed by atoms with Crippen LogP contribution in [0.1, 0.15) is 16.8 Å². The summed E-state index contributed by atoms with van der Waals surface area (Å²) in [6.45, 7) is 0. The Labute approximate surface area is 71.4 Å². The van der Waals surface area contributed by atoms with Crippen LogP contribution in [-0.2, 0) is 0 Å². The van der Waals surface area contributed by atoms with Gasteiger partial charge in [0.25, 0.3) is 0 Å². The summed E-state index contributed by atoms with van der Waals surface area (Å²) in [4.78, 5) is 11.5. The number of hydrogen-bond donors (Lipinski definition) is 1. The molecule has 1 aromatic carbocycles. The van der Waals surface area contributed by atoms with Gasteiger partial charge in [-0.3, -0.25) is 4.79 Å². The number of Topliss-reactive ketones (excluding diaryl/α,β-unsaturated/α-hetero) is 1. The predicted octanol–water partition coefficient (Wildman–Crippen LogP) is 1.22. The lowest BCUT2D eigenvalue weighted by Gasteiger charge is -1.96. The molecule has 0 heterocycles. The quantitative estimate of drug-likeness (QED) is 0.662. The maximum absolute atomic E-state index is 11.5. The van der Waals surface area contributed by atoms with Crippen molar-refractivity contribution in [2.24, 2.45) is 11.7 Å². The van der Waals surface area contributed by atoms with Crippen LogP contribution in [0.15, 0.2) is 30.3 Å². The van der Waals surface area contributed by atoms with E-state index in [1.165, 1.54) is 0 Å². The van der Waals surface area contributed by atoms with E-state index in [1.807, 2.05) is 30.3 Å². The van der Waals surface area contributed by atoms with Crippen LogP contribution >= 0.6 is 0 Å². The van der Waals surface area contributed by atoms with Gasteiger partial charge in [0.05, 0.1) is 0 Å². The van der Waals surface area contributed by atoms with Gasteiger partial charge in [-0.1, -0.05) is 30.3 Å². The molecule has 1 saturated carbocycles. The second kappa shape index (κ2) is 2.72. The normalized spacial score (nSPS) is 26.8. The Morgan fingerprint density at radius 3 is 2.42 bits per heavy atom. The molecule has 1 aromatic rings. The van der Waals surface area contributed by atoms with E-state index >= 15 is 0 Å². The summed E-state index contributed by atoms with van der Waals surface area (Å²) in [5, 5.41) is 0. The van der Waals surface area contributed by atoms with E-state index in [2.05, 4.69) is 0 Å². The maximum Gasteiger partial charge on any atom is 0.167 e. The zero-order chi connectivity index (χ0) is 8.55. The zero-order valence-corrected chi connectivity index (χ0v) is 6.73. The van der Waals surface area contributed by atoms with Crippen molar-refractivity contribution in [2.45, 2.75) is 12.5 Å². The Balaban J connectivity index is 2.16. The van der Waals surface area contributed by atoms with Gasteiger partial charge in [-0.05, 0) is 6.42 Å². The minimum Gasteiger partial charge on any atom is -0.327 e. The number of carbonyl (C=O) groups is 1. The first-order valence-corrected chi connectivity index (χ1v) is 4.14. The van der Waals surface area contributed by atoms with Crippen LogP contribution in [0, 0.1) is 5.92 Å². The summed E-state index contributed by atoms with van der Waals surface area (Å²) in [6, 6.07) is 9.45. The van der Waals surface area contributed by atoms with Gasteiger partial charge in [0.15, 0.2) is 5.78 Å². The smallest absolute Gasteiger partial charge is 0.167 e. The average Bonchev–Trinajstić information content (AvgIpc) is 2.83. The topological polar surface area (TPSA) is 43.1 Å². The summed E-state index contributed by atoms with van der Waals surface area (Å²) in [6.07, 6.45) is 0.855. The first-order valence-electron chi connectivity index (χ1n) is 4.14. The second-order valence-corrected chi connectivity index (χ2v) is 3.24. The van der Waals surface area contributed by atoms with Crippen LogP contribution in [-0.4, -0.2) is 11.8 Å². The van der Waals surface area contributed by atoms with Gasteiger partial charge in [-0.15, -0.1) is 0 Å². The third-order valence-electron chi connectivity index (χ3n) is 2.23. The molecule has 0 aliphatic heterocycles. The van der Waals surface area contributed by atoms with Gasteiger partial charge in [-0.25, -0.2) is 0 Å². The lowest BCUT2D eigenvalue weighted by molar-refractivity contribution is 0.0965. The molecule has 12 heavy (non-hydrogen) atoms. The Hall–Kier alpha value is -1.15. The van der Waals surface area contributed by atoms with Crippen molar-refractivity contribution < 1.29 is 4.79 Å². The standard InChI is InChI=1S/C10H11NO/c11-9-6-8(9)10(12)7-4-2-1-3-5-7/h1-5,8-9H,6,11H2. The molecule has 2 nitrogen and oxygen atoms in total. The minimum absolute atomic E-state index is 0.0902. The van der Waals surface area contributed by atoms with Crippen LogP contribution < -0.4 is 5.73 Å². The molecular weight excluding hydrogens is 150 g/mol. The predicted molar refractivity (Wildman–Crippen MR) is 46.9 cm³/mol. The van der Waals surface area contributed by atoms with E-state index in [-0.39, 0.29) is 17.7 Å². The van der Waals surface area contributed by atoms with E-state index in [9.17, 15) is 4.79 Å². The first kappa shape index (κ1) is 7.50. The molecule has 1 aliphatic carbocycles. The lowest BCUT2D eigenvalue weighted by atomic mass is 10.1. The Kier molecular flexibility index (Phi) is 1.70. The van der Waals surface area contributed by atoms with Gasteiger partial charge in [0.2, 0.25) is 0 Å². The third-order valence-corrected chi connectivity index (χ3v) is 2.23. The highest BCUT2D eigenvalue weighted by molar-refractivity contribution is 6.00. The van der Waals surface area contributed by atoms with Crippen LogP contribution in [0.25, 0.3) is 0 Å². The fraction of sp³-hybridized carbons (Fsp3) is 0.300. The highest BCUT2D eigenvalue weighted by Crippen LogP contribution is 2.31. The molecule has 0 spiro atoms. The van der Waals surface area contributed by atoms with E-state index in [0.29, 0.717) is 0 Å². The van der Waals surface area contributed by atoms with Crippen molar-refractivity contribution >= 4 is 5.78 Å². The number of nitrogens with two attached hydrogens (primary N) is 1. The van der Waals surface area contributed by atoms with Crippen molar-refractivity contribution in [3.63, 3.8) is 0 Å². The second-order valence-electron chi connectivity index (χ2n) is 3.24. The van der Waals surface area contributed by atoms with Crippen molar-refractivity contribution in [2.75, 3.05) is 0 Å². The van der Waals surface area contributed by atoms with Gasteiger partial charge in [-0.2, -0.15) is 0 Å². The average molecular weight is 161 g/mol. The molecule has 0 bridgehead atoms. The minimum atomic E-state index is 0.0902. The summed E-state index contributed by atoms with van der Waals surface area (Å²) < 4.78 is 0. The molecule has 0 aromatic heterocycles. The van der Waals surface area contributed by atoms with Crippen molar-refractivity contribution in [1.82, 2.24) is 0 Å². The summed E-state index contributed by atoms with van der Waals surface area (Å²) in [7, 11) is 0. The Morgan fingerprint density at radius 2 is 1.92 bits per heavy atom. The summed E-state index contributed by atoms with van der Waals surface area (Å²) >= 11 is 0. The van der Waals surface area contributed by atoms with E-state index in [1.54, 1.807) is 0 Å². The summed E-state index contributed by atoms with van der Waals surface area (Å²) in [5.74, 6) is 0.288. The molecule has 1 aliphatic rings. The number of hydrogen-bond acceptors (Lipinski definition) is 2. The summed E-state index contributed by atoms with van der Waals surface area (Å²) in [5.41, 5.74) is 6.37. The monoisotopic (exact) mass is 161 g/mol. The molecule has 62 valence electrons. The Morgan fingerprint density at radius 1 is 1.33 bits per heavy atom. The molecule has 0 saturated heterocycles. The van der Waals surface area contributed by atoms with Crippen LogP contribution in [0.5, 0.6) is 0 Å². The number of carbonyl (C=O) groups excluding carboxylic acids is 1. The van der Waals surface area contributed by atoms with E-state index in [0.717, 1.165) is 12.0 Å². The zero-order valence-electron chi connectivity index (χ0n) is 6.73. The van der Waals surface area contributed by atoms with E-state index < -0.39 is 0 Å². The molecule has 2 N–H and O–H groups in total. The fourth-order valence-electron chi connectivity index (χ4n) is 1.33. The van der Waals surface area contributed by atoms with Gasteiger partial charge in [0, 0.05) is 17.5 Å². The van der Waals surface area contributed by atoms with Crippen molar-refractivity contribution in [1.29, 1.82) is 0 Å². The third kappa shape index (κ3) is 1.25. The highest BCUT2D eigenvalue weighted by Gasteiger charge is 2.39. The van der Waals surface area contributed by atoms with Crippen molar-refractivity contribution in [3.05, 3.63) is 35.9 Å². The number of benzene rings is 1. The molecule has 1 fully saturated rings. The SMILES string of the molecule is NC1CC1C(=O)c1ccccc1. The number of ketones is 1. The van der Waals surface area contributed by atoms with Gasteiger partial charge >= 0.3 is 0 Å².